The highest BCUT2D eigenvalue weighted by molar-refractivity contribution is 9.09. The van der Waals surface area contributed by atoms with Crippen LogP contribution in [0.15, 0.2) is 0 Å². The zero-order valence-electron chi connectivity index (χ0n) is 5.22. The predicted molar refractivity (Wildman–Crippen MR) is 38.2 cm³/mol. The van der Waals surface area contributed by atoms with Crippen molar-refractivity contribution in [3.05, 3.63) is 0 Å². The van der Waals surface area contributed by atoms with E-state index >= 15 is 0 Å². The molecule has 0 saturated heterocycles. The van der Waals surface area contributed by atoms with Gasteiger partial charge in [-0.3, -0.25) is 4.79 Å². The van der Waals surface area contributed by atoms with Crippen LogP contribution in [-0.2, 0) is 4.79 Å². The van der Waals surface area contributed by atoms with Gasteiger partial charge in [-0.2, -0.15) is 0 Å². The van der Waals surface area contributed by atoms with Gasteiger partial charge in [-0.1, -0.05) is 15.9 Å². The minimum absolute atomic E-state index is 0.205. The second kappa shape index (κ2) is 4.76. The topological polar surface area (TPSA) is 49.3 Å². The van der Waals surface area contributed by atoms with Gasteiger partial charge in [0, 0.05) is 18.7 Å². The first-order valence-electron chi connectivity index (χ1n) is 2.68. The van der Waals surface area contributed by atoms with Gasteiger partial charge >= 0.3 is 0 Å². The summed E-state index contributed by atoms with van der Waals surface area (Å²) in [5.74, 6) is -0.205. The molecule has 1 atom stereocenters. The first-order valence-corrected chi connectivity index (χ1v) is 3.80. The molecule has 0 aromatic heterocycles. The predicted octanol–water partition coefficient (Wildman–Crippen LogP) is 0.226. The normalized spacial score (nSPS) is 12.8. The van der Waals surface area contributed by atoms with Crippen molar-refractivity contribution in [3.63, 3.8) is 0 Å². The number of hydrogen-bond acceptors (Lipinski definition) is 2. The molecular formula is C5H10BrNO2. The van der Waals surface area contributed by atoms with E-state index in [0.717, 1.165) is 0 Å². The van der Waals surface area contributed by atoms with Crippen molar-refractivity contribution in [1.82, 2.24) is 5.32 Å². The van der Waals surface area contributed by atoms with Gasteiger partial charge < -0.3 is 10.4 Å². The van der Waals surface area contributed by atoms with Crippen molar-refractivity contribution in [1.29, 1.82) is 0 Å². The number of rotatable bonds is 3. The van der Waals surface area contributed by atoms with E-state index in [1.54, 1.807) is 0 Å². The summed E-state index contributed by atoms with van der Waals surface area (Å²) in [6, 6.07) is 0. The van der Waals surface area contributed by atoms with E-state index in [4.69, 9.17) is 5.11 Å². The van der Waals surface area contributed by atoms with Crippen molar-refractivity contribution in [2.24, 2.45) is 0 Å². The molecule has 0 aliphatic heterocycles. The van der Waals surface area contributed by atoms with Gasteiger partial charge in [-0.25, -0.2) is 0 Å². The molecule has 54 valence electrons. The van der Waals surface area contributed by atoms with E-state index in [1.807, 2.05) is 0 Å². The molecule has 9 heavy (non-hydrogen) atoms. The molecule has 0 aromatic rings. The Hall–Kier alpha value is -0.0900. The summed E-state index contributed by atoms with van der Waals surface area (Å²) in [5.41, 5.74) is 0. The number of amides is 1. The Bertz CT molecular complexity index is 97.0. The molecule has 2 N–H and O–H groups in total. The van der Waals surface area contributed by atoms with Crippen molar-refractivity contribution in [3.8, 4) is 0 Å². The van der Waals surface area contributed by atoms with Crippen LogP contribution < -0.4 is 5.32 Å². The smallest absolute Gasteiger partial charge is 0.218 e. The molecule has 0 bridgehead atoms. The summed E-state index contributed by atoms with van der Waals surface area (Å²) in [7, 11) is 0. The second-order valence-corrected chi connectivity index (χ2v) is 2.49. The van der Waals surface area contributed by atoms with Crippen molar-refractivity contribution in [2.45, 2.75) is 19.6 Å². The number of carbonyl (C=O) groups excluding carboxylic acids is 1. The largest absolute Gasteiger partial charge is 0.374 e. The van der Waals surface area contributed by atoms with Crippen LogP contribution in [0, 0.1) is 0 Å². The SMILES string of the molecule is CC(=O)NC(O)CCBr. The Morgan fingerprint density at radius 1 is 1.89 bits per heavy atom. The van der Waals surface area contributed by atoms with Gasteiger partial charge in [0.1, 0.15) is 6.23 Å². The summed E-state index contributed by atoms with van der Waals surface area (Å²) in [6.45, 7) is 1.37. The van der Waals surface area contributed by atoms with Gasteiger partial charge in [0.2, 0.25) is 5.91 Å². The quantitative estimate of drug-likeness (QED) is 0.501. The molecule has 0 aliphatic carbocycles. The summed E-state index contributed by atoms with van der Waals surface area (Å²) in [5, 5.41) is 11.9. The van der Waals surface area contributed by atoms with Gasteiger partial charge in [0.25, 0.3) is 0 Å². The zero-order valence-corrected chi connectivity index (χ0v) is 6.81. The third kappa shape index (κ3) is 5.79. The maximum Gasteiger partial charge on any atom is 0.218 e. The lowest BCUT2D eigenvalue weighted by Crippen LogP contribution is -2.32. The fraction of sp³-hybridized carbons (Fsp3) is 0.800. The lowest BCUT2D eigenvalue weighted by Gasteiger charge is -2.07. The Balaban J connectivity index is 3.26. The van der Waals surface area contributed by atoms with Crippen molar-refractivity contribution in [2.75, 3.05) is 5.33 Å². The molecule has 1 amide bonds. The summed E-state index contributed by atoms with van der Waals surface area (Å²) in [6.07, 6.45) is -0.165. The van der Waals surface area contributed by atoms with Gasteiger partial charge in [-0.05, 0) is 0 Å². The van der Waals surface area contributed by atoms with Gasteiger partial charge in [-0.15, -0.1) is 0 Å². The highest BCUT2D eigenvalue weighted by atomic mass is 79.9. The van der Waals surface area contributed by atoms with Crippen LogP contribution in [0.4, 0.5) is 0 Å². The van der Waals surface area contributed by atoms with E-state index in [9.17, 15) is 4.79 Å². The van der Waals surface area contributed by atoms with Crippen LogP contribution in [0.2, 0.25) is 0 Å². The van der Waals surface area contributed by atoms with Crippen molar-refractivity contribution < 1.29 is 9.90 Å². The number of nitrogens with one attached hydrogen (secondary N) is 1. The van der Waals surface area contributed by atoms with E-state index in [-0.39, 0.29) is 5.91 Å². The Morgan fingerprint density at radius 3 is 2.78 bits per heavy atom. The van der Waals surface area contributed by atoms with Gasteiger partial charge in [0.15, 0.2) is 0 Å². The minimum Gasteiger partial charge on any atom is -0.374 e. The molecule has 0 radical (unpaired) electrons. The Labute approximate surface area is 62.6 Å². The number of halogens is 1. The molecule has 0 rings (SSSR count). The molecular weight excluding hydrogens is 186 g/mol. The van der Waals surface area contributed by atoms with Crippen LogP contribution in [-0.4, -0.2) is 22.6 Å². The monoisotopic (exact) mass is 195 g/mol. The van der Waals surface area contributed by atoms with Crippen molar-refractivity contribution >= 4 is 21.8 Å². The summed E-state index contributed by atoms with van der Waals surface area (Å²) >= 11 is 3.13. The molecule has 3 nitrogen and oxygen atoms in total. The number of carbonyl (C=O) groups is 1. The molecule has 0 aliphatic rings. The van der Waals surface area contributed by atoms with Crippen LogP contribution in [0.1, 0.15) is 13.3 Å². The standard InChI is InChI=1S/C5H10BrNO2/c1-4(8)7-5(9)2-3-6/h5,9H,2-3H2,1H3,(H,7,8). The summed E-state index contributed by atoms with van der Waals surface area (Å²) < 4.78 is 0. The van der Waals surface area contributed by atoms with E-state index in [0.29, 0.717) is 11.8 Å². The lowest BCUT2D eigenvalue weighted by molar-refractivity contribution is -0.121. The number of aliphatic hydroxyl groups excluding tert-OH is 1. The van der Waals surface area contributed by atoms with Gasteiger partial charge in [0.05, 0.1) is 0 Å². The van der Waals surface area contributed by atoms with E-state index in [2.05, 4.69) is 21.2 Å². The number of aliphatic hydroxyl groups is 1. The lowest BCUT2D eigenvalue weighted by atomic mass is 10.4. The Kier molecular flexibility index (Phi) is 4.71. The van der Waals surface area contributed by atoms with Crippen LogP contribution in [0.3, 0.4) is 0 Å². The average molecular weight is 196 g/mol. The first kappa shape index (κ1) is 8.91. The maximum atomic E-state index is 10.2. The molecule has 0 heterocycles. The fourth-order valence-corrected chi connectivity index (χ4v) is 0.844. The van der Waals surface area contributed by atoms with Crippen LogP contribution >= 0.6 is 15.9 Å². The fourth-order valence-electron chi connectivity index (χ4n) is 0.410. The third-order valence-electron chi connectivity index (χ3n) is 0.752. The molecule has 1 unspecified atom stereocenters. The maximum absolute atomic E-state index is 10.2. The molecule has 0 aromatic carbocycles. The van der Waals surface area contributed by atoms with E-state index < -0.39 is 6.23 Å². The highest BCUT2D eigenvalue weighted by Crippen LogP contribution is 1.91. The second-order valence-electron chi connectivity index (χ2n) is 1.69. The number of hydrogen-bond donors (Lipinski definition) is 2. The van der Waals surface area contributed by atoms with E-state index in [1.165, 1.54) is 6.92 Å². The minimum atomic E-state index is -0.707. The molecule has 0 saturated carbocycles. The first-order chi connectivity index (χ1) is 4.16. The third-order valence-corrected chi connectivity index (χ3v) is 1.21. The summed E-state index contributed by atoms with van der Waals surface area (Å²) in [4.78, 5) is 10.2. The number of alkyl halides is 1. The van der Waals surface area contributed by atoms with Crippen LogP contribution in [0.5, 0.6) is 0 Å². The highest BCUT2D eigenvalue weighted by Gasteiger charge is 2.01. The molecule has 0 fully saturated rings. The Morgan fingerprint density at radius 2 is 2.44 bits per heavy atom. The molecule has 0 spiro atoms. The average Bonchev–Trinajstić information content (AvgIpc) is 1.63. The van der Waals surface area contributed by atoms with Crippen LogP contribution in [0.25, 0.3) is 0 Å². The molecule has 4 heteroatoms. The zero-order chi connectivity index (χ0) is 7.28.